The molecule has 6 heteroatoms. The summed E-state index contributed by atoms with van der Waals surface area (Å²) in [6, 6.07) is 5.50. The predicted molar refractivity (Wildman–Crippen MR) is 64.8 cm³/mol. The Morgan fingerprint density at radius 3 is 2.72 bits per heavy atom. The number of benzene rings is 1. The van der Waals surface area contributed by atoms with Gasteiger partial charge in [-0.2, -0.15) is 0 Å². The molecule has 5 nitrogen and oxygen atoms in total. The summed E-state index contributed by atoms with van der Waals surface area (Å²) in [5, 5.41) is 14.8. The first-order chi connectivity index (χ1) is 8.61. The van der Waals surface area contributed by atoms with Crippen molar-refractivity contribution < 1.29 is 19.0 Å². The maximum absolute atomic E-state index is 12.6. The normalized spacial score (nSPS) is 11.9. The summed E-state index contributed by atoms with van der Waals surface area (Å²) >= 11 is 0. The van der Waals surface area contributed by atoms with Crippen molar-refractivity contribution >= 4 is 5.91 Å². The minimum atomic E-state index is -0.809. The highest BCUT2D eigenvalue weighted by Gasteiger charge is 2.07. The Morgan fingerprint density at radius 2 is 2.11 bits per heavy atom. The molecule has 0 radical (unpaired) electrons. The largest absolute Gasteiger partial charge is 0.491 e. The standard InChI is InChI=1S/C12H17FN2O3/c1-14-7-12(17)15-6-10(16)8-18-11-4-2-9(13)3-5-11/h2-5,10,14,16H,6-8H2,1H3,(H,15,17). The van der Waals surface area contributed by atoms with Crippen LogP contribution in [0, 0.1) is 5.82 Å². The molecule has 18 heavy (non-hydrogen) atoms. The second-order valence-electron chi connectivity index (χ2n) is 3.75. The fourth-order valence-corrected chi connectivity index (χ4v) is 1.24. The Morgan fingerprint density at radius 1 is 1.44 bits per heavy atom. The average Bonchev–Trinajstić information content (AvgIpc) is 2.36. The lowest BCUT2D eigenvalue weighted by Crippen LogP contribution is -2.39. The molecule has 1 aromatic carbocycles. The number of hydrogen-bond donors (Lipinski definition) is 3. The molecule has 1 amide bonds. The van der Waals surface area contributed by atoms with E-state index in [1.165, 1.54) is 24.3 Å². The summed E-state index contributed by atoms with van der Waals surface area (Å²) in [7, 11) is 1.66. The van der Waals surface area contributed by atoms with Gasteiger partial charge in [-0.1, -0.05) is 0 Å². The zero-order valence-corrected chi connectivity index (χ0v) is 10.1. The molecule has 0 saturated carbocycles. The Bertz CT molecular complexity index is 370. The van der Waals surface area contributed by atoms with Gasteiger partial charge in [-0.25, -0.2) is 4.39 Å². The molecule has 0 heterocycles. The Kier molecular flexibility index (Phi) is 6.10. The molecule has 0 saturated heterocycles. The highest BCUT2D eigenvalue weighted by Crippen LogP contribution is 2.10. The first-order valence-corrected chi connectivity index (χ1v) is 5.59. The second-order valence-corrected chi connectivity index (χ2v) is 3.75. The fraction of sp³-hybridized carbons (Fsp3) is 0.417. The summed E-state index contributed by atoms with van der Waals surface area (Å²) in [6.45, 7) is 0.346. The van der Waals surface area contributed by atoms with E-state index < -0.39 is 6.10 Å². The van der Waals surface area contributed by atoms with Crippen molar-refractivity contribution in [1.29, 1.82) is 0 Å². The first kappa shape index (κ1) is 14.4. The Balaban J connectivity index is 2.22. The van der Waals surface area contributed by atoms with E-state index in [1.54, 1.807) is 7.05 Å². The summed E-state index contributed by atoms with van der Waals surface area (Å²) in [5.74, 6) is -0.0717. The van der Waals surface area contributed by atoms with Crippen molar-refractivity contribution in [3.05, 3.63) is 30.1 Å². The quantitative estimate of drug-likeness (QED) is 0.637. The lowest BCUT2D eigenvalue weighted by molar-refractivity contribution is -0.120. The van der Waals surface area contributed by atoms with Crippen molar-refractivity contribution in [2.45, 2.75) is 6.10 Å². The van der Waals surface area contributed by atoms with E-state index in [-0.39, 0.29) is 31.4 Å². The van der Waals surface area contributed by atoms with Crippen molar-refractivity contribution in [3.63, 3.8) is 0 Å². The van der Waals surface area contributed by atoms with Crippen LogP contribution in [-0.2, 0) is 4.79 Å². The topological polar surface area (TPSA) is 70.6 Å². The van der Waals surface area contributed by atoms with Gasteiger partial charge < -0.3 is 20.5 Å². The SMILES string of the molecule is CNCC(=O)NCC(O)COc1ccc(F)cc1. The number of halogens is 1. The van der Waals surface area contributed by atoms with Gasteiger partial charge in [-0.05, 0) is 31.3 Å². The summed E-state index contributed by atoms with van der Waals surface area (Å²) in [4.78, 5) is 11.1. The fourth-order valence-electron chi connectivity index (χ4n) is 1.24. The van der Waals surface area contributed by atoms with Crippen LogP contribution in [0.4, 0.5) is 4.39 Å². The number of carbonyl (C=O) groups excluding carboxylic acids is 1. The molecule has 1 unspecified atom stereocenters. The Labute approximate surface area is 105 Å². The molecular formula is C12H17FN2O3. The molecule has 0 aliphatic rings. The van der Waals surface area contributed by atoms with E-state index >= 15 is 0 Å². The molecule has 1 atom stereocenters. The van der Waals surface area contributed by atoms with Crippen LogP contribution in [-0.4, -0.2) is 43.9 Å². The molecule has 100 valence electrons. The molecule has 1 aromatic rings. The van der Waals surface area contributed by atoms with Crippen LogP contribution < -0.4 is 15.4 Å². The molecule has 0 fully saturated rings. The number of aliphatic hydroxyl groups excluding tert-OH is 1. The highest BCUT2D eigenvalue weighted by molar-refractivity contribution is 5.77. The number of likely N-dealkylation sites (N-methyl/N-ethyl adjacent to an activating group) is 1. The van der Waals surface area contributed by atoms with E-state index in [2.05, 4.69) is 10.6 Å². The maximum Gasteiger partial charge on any atom is 0.234 e. The molecule has 0 bridgehead atoms. The lowest BCUT2D eigenvalue weighted by Gasteiger charge is -2.13. The van der Waals surface area contributed by atoms with Crippen molar-refractivity contribution in [3.8, 4) is 5.75 Å². The lowest BCUT2D eigenvalue weighted by atomic mass is 10.3. The van der Waals surface area contributed by atoms with Gasteiger partial charge in [0.15, 0.2) is 0 Å². The predicted octanol–water partition coefficient (Wildman–Crippen LogP) is -0.0990. The van der Waals surface area contributed by atoms with Crippen molar-refractivity contribution in [1.82, 2.24) is 10.6 Å². The summed E-state index contributed by atoms with van der Waals surface area (Å²) in [5.41, 5.74) is 0. The van der Waals surface area contributed by atoms with Crippen molar-refractivity contribution in [2.75, 3.05) is 26.7 Å². The third-order valence-electron chi connectivity index (χ3n) is 2.13. The van der Waals surface area contributed by atoms with E-state index in [0.717, 1.165) is 0 Å². The van der Waals surface area contributed by atoms with E-state index in [1.807, 2.05) is 0 Å². The number of rotatable bonds is 7. The number of amides is 1. The number of aliphatic hydroxyl groups is 1. The molecule has 0 aliphatic carbocycles. The van der Waals surface area contributed by atoms with E-state index in [9.17, 15) is 14.3 Å². The van der Waals surface area contributed by atoms with Gasteiger partial charge in [0.05, 0.1) is 6.54 Å². The molecule has 1 rings (SSSR count). The zero-order valence-electron chi connectivity index (χ0n) is 10.1. The van der Waals surface area contributed by atoms with Crippen LogP contribution in [0.3, 0.4) is 0 Å². The number of nitrogens with one attached hydrogen (secondary N) is 2. The minimum absolute atomic E-state index is 0.0332. The highest BCUT2D eigenvalue weighted by atomic mass is 19.1. The van der Waals surface area contributed by atoms with Crippen molar-refractivity contribution in [2.24, 2.45) is 0 Å². The number of hydrogen-bond acceptors (Lipinski definition) is 4. The van der Waals surface area contributed by atoms with Gasteiger partial charge >= 0.3 is 0 Å². The minimum Gasteiger partial charge on any atom is -0.491 e. The smallest absolute Gasteiger partial charge is 0.234 e. The third kappa shape index (κ3) is 5.60. The van der Waals surface area contributed by atoms with Gasteiger partial charge in [0, 0.05) is 6.54 Å². The third-order valence-corrected chi connectivity index (χ3v) is 2.13. The van der Waals surface area contributed by atoms with Gasteiger partial charge in [0.25, 0.3) is 0 Å². The maximum atomic E-state index is 12.6. The number of carbonyl (C=O) groups is 1. The molecular weight excluding hydrogens is 239 g/mol. The molecule has 0 aromatic heterocycles. The Hall–Kier alpha value is -1.66. The van der Waals surface area contributed by atoms with Crippen LogP contribution in [0.1, 0.15) is 0 Å². The van der Waals surface area contributed by atoms with Gasteiger partial charge in [0.1, 0.15) is 24.3 Å². The van der Waals surface area contributed by atoms with Crippen LogP contribution in [0.15, 0.2) is 24.3 Å². The van der Waals surface area contributed by atoms with Gasteiger partial charge in [-0.3, -0.25) is 4.79 Å². The van der Waals surface area contributed by atoms with Crippen LogP contribution in [0.5, 0.6) is 5.75 Å². The molecule has 0 aliphatic heterocycles. The van der Waals surface area contributed by atoms with Crippen LogP contribution in [0.2, 0.25) is 0 Å². The molecule has 0 spiro atoms. The summed E-state index contributed by atoms with van der Waals surface area (Å²) in [6.07, 6.45) is -0.809. The second kappa shape index (κ2) is 7.62. The zero-order chi connectivity index (χ0) is 13.4. The number of ether oxygens (including phenoxy) is 1. The first-order valence-electron chi connectivity index (χ1n) is 5.59. The summed E-state index contributed by atoms with van der Waals surface area (Å²) < 4.78 is 17.8. The van der Waals surface area contributed by atoms with E-state index in [0.29, 0.717) is 5.75 Å². The average molecular weight is 256 g/mol. The molecule has 3 N–H and O–H groups in total. The van der Waals surface area contributed by atoms with E-state index in [4.69, 9.17) is 4.74 Å². The van der Waals surface area contributed by atoms with Gasteiger partial charge in [-0.15, -0.1) is 0 Å². The van der Waals surface area contributed by atoms with Gasteiger partial charge in [0.2, 0.25) is 5.91 Å². The van der Waals surface area contributed by atoms with Crippen LogP contribution in [0.25, 0.3) is 0 Å². The monoisotopic (exact) mass is 256 g/mol. The van der Waals surface area contributed by atoms with Crippen LogP contribution >= 0.6 is 0 Å².